The number of hydrogen-bond acceptors (Lipinski definition) is 3. The van der Waals surface area contributed by atoms with Crippen LogP contribution in [0.1, 0.15) is 18.4 Å². The summed E-state index contributed by atoms with van der Waals surface area (Å²) in [7, 11) is -3.73. The normalized spacial score (nSPS) is 16.2. The van der Waals surface area contributed by atoms with Crippen molar-refractivity contribution in [3.63, 3.8) is 0 Å². The molecule has 3 aromatic carbocycles. The van der Waals surface area contributed by atoms with Crippen LogP contribution < -0.4 is 5.32 Å². The molecule has 1 fully saturated rings. The number of nitrogens with one attached hydrogen (secondary N) is 1. The predicted octanol–water partition coefficient (Wildman–Crippen LogP) is 4.90. The van der Waals surface area contributed by atoms with Crippen molar-refractivity contribution in [1.29, 1.82) is 0 Å². The second-order valence-corrected chi connectivity index (χ2v) is 9.66. The summed E-state index contributed by atoms with van der Waals surface area (Å²) in [4.78, 5) is 12.8. The number of hydrogen-bond donors (Lipinski definition) is 1. The Bertz CT molecular complexity index is 1250. The van der Waals surface area contributed by atoms with Gasteiger partial charge in [0.05, 0.1) is 16.1 Å². The largest absolute Gasteiger partial charge is 0.418 e. The highest BCUT2D eigenvalue weighted by atomic mass is 32.2. The Morgan fingerprint density at radius 3 is 2.22 bits per heavy atom. The van der Waals surface area contributed by atoms with Crippen LogP contribution >= 0.6 is 0 Å². The smallest absolute Gasteiger partial charge is 0.325 e. The lowest BCUT2D eigenvalue weighted by atomic mass is 9.97. The number of sulfonamides is 1. The Hall–Kier alpha value is -2.91. The van der Waals surface area contributed by atoms with Crippen LogP contribution in [0.5, 0.6) is 0 Å². The molecule has 3 aromatic rings. The fourth-order valence-corrected chi connectivity index (χ4v) is 5.41. The van der Waals surface area contributed by atoms with E-state index in [-0.39, 0.29) is 36.5 Å². The molecular weight excluding hydrogens is 441 g/mol. The summed E-state index contributed by atoms with van der Waals surface area (Å²) in [6, 6.07) is 17.2. The summed E-state index contributed by atoms with van der Waals surface area (Å²) in [5.74, 6) is -1.11. The maximum absolute atomic E-state index is 13.2. The van der Waals surface area contributed by atoms with E-state index >= 15 is 0 Å². The van der Waals surface area contributed by atoms with E-state index in [0.29, 0.717) is 0 Å². The van der Waals surface area contributed by atoms with Gasteiger partial charge in [-0.2, -0.15) is 17.5 Å². The number of piperidine rings is 1. The topological polar surface area (TPSA) is 66.5 Å². The van der Waals surface area contributed by atoms with Crippen molar-refractivity contribution in [2.75, 3.05) is 18.4 Å². The Morgan fingerprint density at radius 2 is 1.53 bits per heavy atom. The number of fused-ring (bicyclic) bond motifs is 1. The van der Waals surface area contributed by atoms with Crippen LogP contribution in [-0.4, -0.2) is 31.7 Å². The molecule has 0 unspecified atom stereocenters. The lowest BCUT2D eigenvalue weighted by Gasteiger charge is -2.30. The number of carbonyl (C=O) groups is 1. The standard InChI is InChI=1S/C23H21F3N2O3S/c24-23(25,26)20-7-3-4-8-21(20)27-22(29)17-11-13-28(14-12-17)32(30,31)19-10-9-16-5-1-2-6-18(16)15-19/h1-10,15,17H,11-14H2,(H,27,29). The molecule has 0 atom stereocenters. The molecule has 0 saturated carbocycles. The molecule has 4 rings (SSSR count). The summed E-state index contributed by atoms with van der Waals surface area (Å²) in [5.41, 5.74) is -1.21. The highest BCUT2D eigenvalue weighted by Gasteiger charge is 2.35. The Labute approximate surface area is 183 Å². The van der Waals surface area contributed by atoms with Crippen molar-refractivity contribution in [2.24, 2.45) is 5.92 Å². The maximum Gasteiger partial charge on any atom is 0.418 e. The first-order valence-electron chi connectivity index (χ1n) is 10.1. The van der Waals surface area contributed by atoms with Gasteiger partial charge in [-0.15, -0.1) is 0 Å². The Kier molecular flexibility index (Phi) is 5.96. The monoisotopic (exact) mass is 462 g/mol. The minimum atomic E-state index is -4.58. The van der Waals surface area contributed by atoms with Crippen molar-refractivity contribution < 1.29 is 26.4 Å². The van der Waals surface area contributed by atoms with Gasteiger partial charge in [0.1, 0.15) is 0 Å². The molecule has 0 bridgehead atoms. The number of rotatable bonds is 4. The van der Waals surface area contributed by atoms with Gasteiger partial charge in [-0.3, -0.25) is 4.79 Å². The first kappa shape index (κ1) is 22.3. The first-order valence-corrected chi connectivity index (χ1v) is 11.6. The van der Waals surface area contributed by atoms with Crippen LogP contribution in [0, 0.1) is 5.92 Å². The molecule has 5 nitrogen and oxygen atoms in total. The second kappa shape index (κ2) is 8.55. The Balaban J connectivity index is 1.44. The molecule has 1 amide bonds. The number of amides is 1. The van der Waals surface area contributed by atoms with Crippen LogP contribution in [0.4, 0.5) is 18.9 Å². The number of para-hydroxylation sites is 1. The van der Waals surface area contributed by atoms with Gasteiger partial charge in [-0.25, -0.2) is 8.42 Å². The van der Waals surface area contributed by atoms with Crippen molar-refractivity contribution in [3.05, 3.63) is 72.3 Å². The minimum absolute atomic E-state index is 0.119. The van der Waals surface area contributed by atoms with E-state index in [1.54, 1.807) is 18.2 Å². The maximum atomic E-state index is 13.2. The number of alkyl halides is 3. The molecule has 1 N–H and O–H groups in total. The molecule has 32 heavy (non-hydrogen) atoms. The van der Waals surface area contributed by atoms with Crippen molar-refractivity contribution in [3.8, 4) is 0 Å². The van der Waals surface area contributed by atoms with Gasteiger partial charge in [0.2, 0.25) is 15.9 Å². The summed E-state index contributed by atoms with van der Waals surface area (Å²) in [6.07, 6.45) is -4.12. The van der Waals surface area contributed by atoms with Gasteiger partial charge in [-0.05, 0) is 47.9 Å². The molecule has 0 spiro atoms. The van der Waals surface area contributed by atoms with E-state index in [1.807, 2.05) is 24.3 Å². The second-order valence-electron chi connectivity index (χ2n) is 7.72. The van der Waals surface area contributed by atoms with Crippen LogP contribution in [0.2, 0.25) is 0 Å². The van der Waals surface area contributed by atoms with Crippen LogP contribution in [-0.2, 0) is 21.0 Å². The summed E-state index contributed by atoms with van der Waals surface area (Å²) >= 11 is 0. The highest BCUT2D eigenvalue weighted by Crippen LogP contribution is 2.35. The van der Waals surface area contributed by atoms with E-state index in [2.05, 4.69) is 5.32 Å². The molecular formula is C23H21F3N2O3S. The zero-order chi connectivity index (χ0) is 22.9. The van der Waals surface area contributed by atoms with Crippen LogP contribution in [0.25, 0.3) is 10.8 Å². The number of benzene rings is 3. The van der Waals surface area contributed by atoms with Gasteiger partial charge in [0.25, 0.3) is 0 Å². The molecule has 168 valence electrons. The summed E-state index contributed by atoms with van der Waals surface area (Å²) in [6.45, 7) is 0.238. The van der Waals surface area contributed by atoms with E-state index < -0.39 is 33.6 Å². The quantitative estimate of drug-likeness (QED) is 0.600. The zero-order valence-corrected chi connectivity index (χ0v) is 17.8. The first-order chi connectivity index (χ1) is 15.2. The summed E-state index contributed by atoms with van der Waals surface area (Å²) < 4.78 is 66.9. The number of anilines is 1. The highest BCUT2D eigenvalue weighted by molar-refractivity contribution is 7.89. The lowest BCUT2D eigenvalue weighted by molar-refractivity contribution is -0.137. The molecule has 0 radical (unpaired) electrons. The van der Waals surface area contributed by atoms with E-state index in [1.165, 1.54) is 22.5 Å². The van der Waals surface area contributed by atoms with Crippen molar-refractivity contribution >= 4 is 32.4 Å². The van der Waals surface area contributed by atoms with E-state index in [4.69, 9.17) is 0 Å². The predicted molar refractivity (Wildman–Crippen MR) is 116 cm³/mol. The third-order valence-electron chi connectivity index (χ3n) is 5.67. The average Bonchev–Trinajstić information content (AvgIpc) is 2.78. The Morgan fingerprint density at radius 1 is 0.906 bits per heavy atom. The van der Waals surface area contributed by atoms with Gasteiger partial charge in [0, 0.05) is 19.0 Å². The van der Waals surface area contributed by atoms with Crippen LogP contribution in [0.3, 0.4) is 0 Å². The minimum Gasteiger partial charge on any atom is -0.325 e. The van der Waals surface area contributed by atoms with Gasteiger partial charge in [-0.1, -0.05) is 42.5 Å². The summed E-state index contributed by atoms with van der Waals surface area (Å²) in [5, 5.41) is 4.11. The molecule has 1 heterocycles. The van der Waals surface area contributed by atoms with Gasteiger partial charge in [0.15, 0.2) is 0 Å². The third-order valence-corrected chi connectivity index (χ3v) is 7.57. The molecule has 0 aromatic heterocycles. The average molecular weight is 462 g/mol. The van der Waals surface area contributed by atoms with Crippen LogP contribution in [0.15, 0.2) is 71.6 Å². The lowest BCUT2D eigenvalue weighted by Crippen LogP contribution is -2.41. The fourth-order valence-electron chi connectivity index (χ4n) is 3.91. The number of nitrogens with zero attached hydrogens (tertiary/aromatic N) is 1. The SMILES string of the molecule is O=C(Nc1ccccc1C(F)(F)F)C1CCN(S(=O)(=O)c2ccc3ccccc3c2)CC1. The number of carbonyl (C=O) groups excluding carboxylic acids is 1. The zero-order valence-electron chi connectivity index (χ0n) is 17.0. The number of halogens is 3. The molecule has 9 heteroatoms. The van der Waals surface area contributed by atoms with Crippen molar-refractivity contribution in [1.82, 2.24) is 4.31 Å². The molecule has 1 aliphatic rings. The third kappa shape index (κ3) is 4.49. The van der Waals surface area contributed by atoms with Gasteiger partial charge < -0.3 is 5.32 Å². The molecule has 0 aliphatic carbocycles. The molecule has 1 aliphatic heterocycles. The van der Waals surface area contributed by atoms with E-state index in [9.17, 15) is 26.4 Å². The molecule has 1 saturated heterocycles. The van der Waals surface area contributed by atoms with Crippen molar-refractivity contribution in [2.45, 2.75) is 23.9 Å². The van der Waals surface area contributed by atoms with Gasteiger partial charge >= 0.3 is 6.18 Å². The van der Waals surface area contributed by atoms with E-state index in [0.717, 1.165) is 16.8 Å². The fraction of sp³-hybridized carbons (Fsp3) is 0.261.